The minimum absolute atomic E-state index is 0.0822. The summed E-state index contributed by atoms with van der Waals surface area (Å²) in [7, 11) is 0. The molecule has 10 heteroatoms. The van der Waals surface area contributed by atoms with Crippen molar-refractivity contribution in [2.75, 3.05) is 13.1 Å². The van der Waals surface area contributed by atoms with Gasteiger partial charge < -0.3 is 10.6 Å². The molecule has 1 aromatic carbocycles. The highest BCUT2D eigenvalue weighted by Crippen LogP contribution is 2.30. The lowest BCUT2D eigenvalue weighted by atomic mass is 9.96. The van der Waals surface area contributed by atoms with Gasteiger partial charge in [0.05, 0.1) is 11.3 Å². The molecule has 2 N–H and O–H groups in total. The highest BCUT2D eigenvalue weighted by Gasteiger charge is 2.31. The molecule has 0 atom stereocenters. The SMILES string of the molecule is Cc1cc(=O)c(C(=O)N2CCC(C(N)=O)CC2)nn1-c1cccc(C(F)(F)F)c1. The number of nitrogens with zero attached hydrogens (tertiary/aromatic N) is 3. The Morgan fingerprint density at radius 1 is 1.17 bits per heavy atom. The van der Waals surface area contributed by atoms with E-state index in [1.54, 1.807) is 0 Å². The molecule has 1 fully saturated rings. The van der Waals surface area contributed by atoms with Crippen molar-refractivity contribution >= 4 is 11.8 Å². The lowest BCUT2D eigenvalue weighted by Crippen LogP contribution is -2.43. The van der Waals surface area contributed by atoms with Crippen molar-refractivity contribution < 1.29 is 22.8 Å². The molecular weight excluding hydrogens is 389 g/mol. The first-order valence-corrected chi connectivity index (χ1v) is 8.95. The number of benzene rings is 1. The van der Waals surface area contributed by atoms with Crippen molar-refractivity contribution in [3.05, 3.63) is 57.5 Å². The van der Waals surface area contributed by atoms with Gasteiger partial charge in [-0.3, -0.25) is 14.4 Å². The van der Waals surface area contributed by atoms with Crippen LogP contribution in [0.1, 0.15) is 34.6 Å². The minimum atomic E-state index is -4.54. The summed E-state index contributed by atoms with van der Waals surface area (Å²) in [6, 6.07) is 5.63. The van der Waals surface area contributed by atoms with Gasteiger partial charge in [-0.2, -0.15) is 18.3 Å². The van der Waals surface area contributed by atoms with Crippen LogP contribution in [0.25, 0.3) is 5.69 Å². The highest BCUT2D eigenvalue weighted by molar-refractivity contribution is 5.92. The Kier molecular flexibility index (Phi) is 5.45. The van der Waals surface area contributed by atoms with Crippen LogP contribution in [0.4, 0.5) is 13.2 Å². The summed E-state index contributed by atoms with van der Waals surface area (Å²) in [6.07, 6.45) is -3.77. The van der Waals surface area contributed by atoms with E-state index in [1.165, 1.54) is 24.0 Å². The molecule has 29 heavy (non-hydrogen) atoms. The van der Waals surface area contributed by atoms with Gasteiger partial charge in [0.15, 0.2) is 5.69 Å². The smallest absolute Gasteiger partial charge is 0.369 e. The van der Waals surface area contributed by atoms with Crippen molar-refractivity contribution in [3.63, 3.8) is 0 Å². The number of primary amides is 1. The summed E-state index contributed by atoms with van der Waals surface area (Å²) in [5, 5.41) is 4.05. The van der Waals surface area contributed by atoms with E-state index in [9.17, 15) is 27.6 Å². The molecule has 7 nitrogen and oxygen atoms in total. The van der Waals surface area contributed by atoms with Gasteiger partial charge in [-0.05, 0) is 38.0 Å². The predicted molar refractivity (Wildman–Crippen MR) is 97.4 cm³/mol. The molecular formula is C19H19F3N4O3. The molecule has 2 aromatic rings. The van der Waals surface area contributed by atoms with Crippen LogP contribution in [0.5, 0.6) is 0 Å². The number of carbonyl (C=O) groups is 2. The molecule has 0 saturated carbocycles. The minimum Gasteiger partial charge on any atom is -0.369 e. The number of aromatic nitrogens is 2. The van der Waals surface area contributed by atoms with E-state index in [0.717, 1.165) is 22.9 Å². The molecule has 0 radical (unpaired) electrons. The Morgan fingerprint density at radius 3 is 2.41 bits per heavy atom. The number of piperidine rings is 1. The largest absolute Gasteiger partial charge is 0.416 e. The second kappa shape index (κ2) is 7.69. The van der Waals surface area contributed by atoms with Crippen LogP contribution in [-0.4, -0.2) is 39.6 Å². The second-order valence-electron chi connectivity index (χ2n) is 6.93. The quantitative estimate of drug-likeness (QED) is 0.839. The fourth-order valence-electron chi connectivity index (χ4n) is 3.29. The van der Waals surface area contributed by atoms with E-state index in [2.05, 4.69) is 5.10 Å². The predicted octanol–water partition coefficient (Wildman–Crippen LogP) is 1.90. The number of hydrogen-bond donors (Lipinski definition) is 1. The Morgan fingerprint density at radius 2 is 1.83 bits per heavy atom. The summed E-state index contributed by atoms with van der Waals surface area (Å²) in [6.45, 7) is 2.00. The Labute approximate surface area is 163 Å². The van der Waals surface area contributed by atoms with Crippen LogP contribution < -0.4 is 11.2 Å². The number of carbonyl (C=O) groups excluding carboxylic acids is 2. The Hall–Kier alpha value is -3.17. The van der Waals surface area contributed by atoms with E-state index >= 15 is 0 Å². The van der Waals surface area contributed by atoms with Gasteiger partial charge in [0.2, 0.25) is 11.3 Å². The van der Waals surface area contributed by atoms with Gasteiger partial charge in [-0.25, -0.2) is 4.68 Å². The number of aryl methyl sites for hydroxylation is 1. The molecule has 1 aliphatic rings. The molecule has 1 aromatic heterocycles. The van der Waals surface area contributed by atoms with Gasteiger partial charge in [0.1, 0.15) is 0 Å². The number of likely N-dealkylation sites (tertiary alicyclic amines) is 1. The van der Waals surface area contributed by atoms with E-state index in [0.29, 0.717) is 18.5 Å². The van der Waals surface area contributed by atoms with Crippen molar-refractivity contribution in [3.8, 4) is 5.69 Å². The number of alkyl halides is 3. The zero-order chi connectivity index (χ0) is 21.3. The van der Waals surface area contributed by atoms with Crippen molar-refractivity contribution in [2.24, 2.45) is 11.7 Å². The third-order valence-corrected chi connectivity index (χ3v) is 4.91. The number of amides is 2. The lowest BCUT2D eigenvalue weighted by Gasteiger charge is -2.30. The lowest BCUT2D eigenvalue weighted by molar-refractivity contribution is -0.137. The third kappa shape index (κ3) is 4.30. The molecule has 0 unspecified atom stereocenters. The Bertz CT molecular complexity index is 1010. The topological polar surface area (TPSA) is 98.3 Å². The average molecular weight is 408 g/mol. The first kappa shape index (κ1) is 20.6. The van der Waals surface area contributed by atoms with Gasteiger partial charge >= 0.3 is 6.18 Å². The summed E-state index contributed by atoms with van der Waals surface area (Å²) in [5.41, 5.74) is 3.79. The van der Waals surface area contributed by atoms with E-state index in [-0.39, 0.29) is 30.4 Å². The third-order valence-electron chi connectivity index (χ3n) is 4.91. The maximum Gasteiger partial charge on any atom is 0.416 e. The maximum atomic E-state index is 13.0. The average Bonchev–Trinajstić information content (AvgIpc) is 2.67. The van der Waals surface area contributed by atoms with Crippen molar-refractivity contribution in [1.82, 2.24) is 14.7 Å². The molecule has 0 spiro atoms. The van der Waals surface area contributed by atoms with Crippen molar-refractivity contribution in [1.29, 1.82) is 0 Å². The van der Waals surface area contributed by atoms with Crippen molar-refractivity contribution in [2.45, 2.75) is 25.9 Å². The number of hydrogen-bond acceptors (Lipinski definition) is 4. The maximum absolute atomic E-state index is 13.0. The molecule has 0 aliphatic carbocycles. The Balaban J connectivity index is 1.94. The zero-order valence-electron chi connectivity index (χ0n) is 15.6. The van der Waals surface area contributed by atoms with Crippen LogP contribution in [0, 0.1) is 12.8 Å². The molecule has 1 aliphatic heterocycles. The zero-order valence-corrected chi connectivity index (χ0v) is 15.6. The fraction of sp³-hybridized carbons (Fsp3) is 0.368. The number of nitrogens with two attached hydrogens (primary N) is 1. The van der Waals surface area contributed by atoms with Gasteiger partial charge in [0, 0.05) is 30.8 Å². The van der Waals surface area contributed by atoms with Gasteiger partial charge in [-0.1, -0.05) is 6.07 Å². The van der Waals surface area contributed by atoms with Crippen LogP contribution in [0.3, 0.4) is 0 Å². The van der Waals surface area contributed by atoms with Gasteiger partial charge in [0.25, 0.3) is 5.91 Å². The summed E-state index contributed by atoms with van der Waals surface area (Å²) >= 11 is 0. The number of halogens is 3. The highest BCUT2D eigenvalue weighted by atomic mass is 19.4. The molecule has 3 rings (SSSR count). The van der Waals surface area contributed by atoms with E-state index in [4.69, 9.17) is 5.73 Å². The number of rotatable bonds is 3. The summed E-state index contributed by atoms with van der Waals surface area (Å²) in [5.74, 6) is -1.39. The normalized spacial score (nSPS) is 15.4. The van der Waals surface area contributed by atoms with Crippen LogP contribution >= 0.6 is 0 Å². The summed E-state index contributed by atoms with van der Waals surface area (Å²) < 4.78 is 40.2. The van der Waals surface area contributed by atoms with Crippen LogP contribution in [0.2, 0.25) is 0 Å². The van der Waals surface area contributed by atoms with E-state index < -0.39 is 29.0 Å². The fourth-order valence-corrected chi connectivity index (χ4v) is 3.29. The van der Waals surface area contributed by atoms with Crippen LogP contribution in [-0.2, 0) is 11.0 Å². The molecule has 1 saturated heterocycles. The second-order valence-corrected chi connectivity index (χ2v) is 6.93. The first-order chi connectivity index (χ1) is 13.6. The molecule has 0 bridgehead atoms. The molecule has 2 heterocycles. The molecule has 2 amide bonds. The monoisotopic (exact) mass is 408 g/mol. The molecule has 154 valence electrons. The van der Waals surface area contributed by atoms with Gasteiger partial charge in [-0.15, -0.1) is 0 Å². The summed E-state index contributed by atoms with van der Waals surface area (Å²) in [4.78, 5) is 37.8. The first-order valence-electron chi connectivity index (χ1n) is 8.95. The van der Waals surface area contributed by atoms with Crippen LogP contribution in [0.15, 0.2) is 35.1 Å². The van der Waals surface area contributed by atoms with E-state index in [1.807, 2.05) is 0 Å². The standard InChI is InChI=1S/C19H19F3N4O3/c1-11-9-15(27)16(18(29)25-7-5-12(6-8-25)17(23)28)24-26(11)14-4-2-3-13(10-14)19(20,21)22/h2-4,9-10,12H,5-8H2,1H3,(H2,23,28).